The van der Waals surface area contributed by atoms with Crippen molar-refractivity contribution in [1.82, 2.24) is 5.32 Å². The molecule has 0 heterocycles. The number of nitriles is 1. The van der Waals surface area contributed by atoms with Crippen LogP contribution in [0.5, 0.6) is 0 Å². The highest BCUT2D eigenvalue weighted by Crippen LogP contribution is 2.68. The van der Waals surface area contributed by atoms with Crippen molar-refractivity contribution in [3.8, 4) is 6.07 Å². The third kappa shape index (κ3) is 3.35. The molecule has 8 unspecified atom stereocenters. The smallest absolute Gasteiger partial charge is 0.217 e. The van der Waals surface area contributed by atoms with Crippen LogP contribution in [0.15, 0.2) is 23.3 Å². The lowest BCUT2D eigenvalue weighted by molar-refractivity contribution is -0.144. The summed E-state index contributed by atoms with van der Waals surface area (Å²) in [5.74, 6) is 0.314. The zero-order valence-corrected chi connectivity index (χ0v) is 22.2. The third-order valence-electron chi connectivity index (χ3n) is 11.1. The number of nitrogens with one attached hydrogen (secondary N) is 1. The predicted octanol–water partition coefficient (Wildman–Crippen LogP) is 5.31. The van der Waals surface area contributed by atoms with Gasteiger partial charge in [0.25, 0.3) is 0 Å². The quantitative estimate of drug-likeness (QED) is 0.555. The molecular weight excluding hydrogens is 436 g/mol. The maximum Gasteiger partial charge on any atom is 0.217 e. The molecule has 0 aliphatic heterocycles. The van der Waals surface area contributed by atoms with Crippen molar-refractivity contribution in [2.24, 2.45) is 45.8 Å². The summed E-state index contributed by atoms with van der Waals surface area (Å²) in [7, 11) is 0. The van der Waals surface area contributed by atoms with E-state index in [2.05, 4.69) is 39.1 Å². The van der Waals surface area contributed by atoms with Gasteiger partial charge in [0.1, 0.15) is 6.07 Å². The van der Waals surface area contributed by atoms with Crippen LogP contribution in [0.1, 0.15) is 86.5 Å². The molecule has 0 saturated heterocycles. The van der Waals surface area contributed by atoms with E-state index in [4.69, 9.17) is 0 Å². The molecule has 1 amide bonds. The molecule has 0 aromatic rings. The molecule has 0 bridgehead atoms. The molecule has 5 aliphatic carbocycles. The Morgan fingerprint density at radius 2 is 1.71 bits per heavy atom. The summed E-state index contributed by atoms with van der Waals surface area (Å²) in [6.45, 7) is 12.6. The largest absolute Gasteiger partial charge is 0.351 e. The van der Waals surface area contributed by atoms with Gasteiger partial charge in [0.2, 0.25) is 5.91 Å². The molecule has 0 aromatic heterocycles. The highest BCUT2D eigenvalue weighted by molar-refractivity contribution is 6.02. The molecule has 188 valence electrons. The number of nitrogens with zero attached hydrogens (tertiary/aromatic N) is 1. The minimum atomic E-state index is -0.454. The molecule has 8 atom stereocenters. The van der Waals surface area contributed by atoms with Gasteiger partial charge in [-0.2, -0.15) is 5.26 Å². The Balaban J connectivity index is 1.63. The van der Waals surface area contributed by atoms with Crippen molar-refractivity contribution in [3.05, 3.63) is 23.3 Å². The monoisotopic (exact) mass is 476 g/mol. The second-order valence-electron chi connectivity index (χ2n) is 13.6. The Bertz CT molecular complexity index is 1110. The molecule has 0 aromatic carbocycles. The second kappa shape index (κ2) is 7.64. The Hall–Kier alpha value is -2.22. The molecule has 0 spiro atoms. The van der Waals surface area contributed by atoms with E-state index >= 15 is 0 Å². The van der Waals surface area contributed by atoms with Crippen molar-refractivity contribution in [1.29, 1.82) is 5.26 Å². The average Bonchev–Trinajstić information content (AvgIpc) is 2.77. The lowest BCUT2D eigenvalue weighted by Crippen LogP contribution is -2.66. The number of carbonyl (C=O) groups is 3. The van der Waals surface area contributed by atoms with E-state index in [0.717, 1.165) is 50.5 Å². The van der Waals surface area contributed by atoms with Gasteiger partial charge in [-0.05, 0) is 79.6 Å². The molecule has 3 fully saturated rings. The number of hydrogen-bond acceptors (Lipinski definition) is 4. The Kier molecular flexibility index (Phi) is 5.34. The van der Waals surface area contributed by atoms with Gasteiger partial charge in [-0.3, -0.25) is 14.4 Å². The minimum absolute atomic E-state index is 0.00177. The fourth-order valence-corrected chi connectivity index (χ4v) is 9.46. The van der Waals surface area contributed by atoms with Gasteiger partial charge < -0.3 is 5.32 Å². The summed E-state index contributed by atoms with van der Waals surface area (Å²) in [6, 6.07) is 2.15. The first-order chi connectivity index (χ1) is 16.3. The van der Waals surface area contributed by atoms with Gasteiger partial charge in [-0.1, -0.05) is 46.3 Å². The molecule has 5 rings (SSSR count). The van der Waals surface area contributed by atoms with Crippen molar-refractivity contribution in [3.63, 3.8) is 0 Å². The van der Waals surface area contributed by atoms with E-state index in [1.54, 1.807) is 6.92 Å². The lowest BCUT2D eigenvalue weighted by Gasteiger charge is -2.64. The van der Waals surface area contributed by atoms with E-state index in [9.17, 15) is 19.6 Å². The minimum Gasteiger partial charge on any atom is -0.351 e. The first kappa shape index (κ1) is 24.5. The van der Waals surface area contributed by atoms with E-state index in [-0.39, 0.29) is 69.0 Å². The van der Waals surface area contributed by atoms with Crippen LogP contribution in [0.3, 0.4) is 0 Å². The van der Waals surface area contributed by atoms with Crippen LogP contribution in [0.2, 0.25) is 0 Å². The zero-order valence-electron chi connectivity index (χ0n) is 22.2. The Labute approximate surface area is 209 Å². The van der Waals surface area contributed by atoms with Crippen LogP contribution in [0.4, 0.5) is 0 Å². The number of ketones is 2. The molecule has 1 N–H and O–H groups in total. The van der Waals surface area contributed by atoms with Crippen molar-refractivity contribution in [2.45, 2.75) is 92.0 Å². The summed E-state index contributed by atoms with van der Waals surface area (Å²) in [5.41, 5.74) is 0.641. The summed E-state index contributed by atoms with van der Waals surface area (Å²) in [5, 5.41) is 13.1. The number of allylic oxidation sites excluding steroid dienone is 4. The van der Waals surface area contributed by atoms with E-state index in [1.807, 2.05) is 19.1 Å². The van der Waals surface area contributed by atoms with Crippen LogP contribution in [0, 0.1) is 57.2 Å². The standard InChI is InChI=1S/C30H40N2O3/c1-17-20-7-9-28(5)21-8-10-30(32-18(2)33)12-11-27(3,4)15-22(30)25(21)23(34)13-24(28)29(20,6)14-19(16-31)26(17)35/h13-14,17,20-22,25H,7-12,15H2,1-6H3,(H,32,33). The molecule has 5 heteroatoms. The molecule has 5 aliphatic rings. The van der Waals surface area contributed by atoms with Crippen LogP contribution in [-0.4, -0.2) is 23.0 Å². The fraction of sp³-hybridized carbons (Fsp3) is 0.733. The van der Waals surface area contributed by atoms with Gasteiger partial charge in [-0.25, -0.2) is 0 Å². The normalized spacial score (nSPS) is 46.0. The first-order valence-electron chi connectivity index (χ1n) is 13.5. The van der Waals surface area contributed by atoms with Crippen molar-refractivity contribution in [2.75, 3.05) is 0 Å². The molecule has 0 radical (unpaired) electrons. The van der Waals surface area contributed by atoms with Crippen LogP contribution in [0.25, 0.3) is 0 Å². The van der Waals surface area contributed by atoms with E-state index in [1.165, 1.54) is 0 Å². The fourth-order valence-electron chi connectivity index (χ4n) is 9.46. The summed E-state index contributed by atoms with van der Waals surface area (Å²) < 4.78 is 0. The highest BCUT2D eigenvalue weighted by Gasteiger charge is 2.64. The number of hydrogen-bond donors (Lipinski definition) is 1. The summed E-state index contributed by atoms with van der Waals surface area (Å²) in [6.07, 6.45) is 10.5. The van der Waals surface area contributed by atoms with Gasteiger partial charge in [-0.15, -0.1) is 0 Å². The van der Waals surface area contributed by atoms with E-state index in [0.29, 0.717) is 0 Å². The lowest BCUT2D eigenvalue weighted by atomic mass is 9.40. The van der Waals surface area contributed by atoms with Gasteiger partial charge in [0.15, 0.2) is 11.6 Å². The van der Waals surface area contributed by atoms with Crippen LogP contribution in [-0.2, 0) is 14.4 Å². The van der Waals surface area contributed by atoms with Gasteiger partial charge in [0, 0.05) is 29.7 Å². The maximum atomic E-state index is 14.1. The van der Waals surface area contributed by atoms with Gasteiger partial charge >= 0.3 is 0 Å². The summed E-state index contributed by atoms with van der Waals surface area (Å²) in [4.78, 5) is 39.2. The maximum absolute atomic E-state index is 14.1. The molecule has 5 nitrogen and oxygen atoms in total. The number of Topliss-reactive ketones (excluding diaryl/α,β-unsaturated/α-hetero) is 1. The predicted molar refractivity (Wildman–Crippen MR) is 134 cm³/mol. The van der Waals surface area contributed by atoms with Gasteiger partial charge in [0.05, 0.1) is 5.57 Å². The number of amides is 1. The van der Waals surface area contributed by atoms with Crippen LogP contribution < -0.4 is 5.32 Å². The topological polar surface area (TPSA) is 87.0 Å². The number of fused-ring (bicyclic) bond motifs is 7. The molecule has 35 heavy (non-hydrogen) atoms. The summed E-state index contributed by atoms with van der Waals surface area (Å²) >= 11 is 0. The van der Waals surface area contributed by atoms with Crippen molar-refractivity contribution >= 4 is 17.5 Å². The van der Waals surface area contributed by atoms with Crippen LogP contribution >= 0.6 is 0 Å². The molecule has 3 saturated carbocycles. The zero-order chi connectivity index (χ0) is 25.6. The number of carbonyl (C=O) groups excluding carboxylic acids is 3. The SMILES string of the molecule is CC(=O)NC12CCC3C(C(=O)C=C4C5(C)C=C(C#N)C(=O)C(C)C5CCC43C)C1CC(C)(C)CC2. The van der Waals surface area contributed by atoms with Crippen molar-refractivity contribution < 1.29 is 14.4 Å². The second-order valence-corrected chi connectivity index (χ2v) is 13.6. The number of rotatable bonds is 1. The van der Waals surface area contributed by atoms with E-state index < -0.39 is 5.41 Å². The highest BCUT2D eigenvalue weighted by atomic mass is 16.1. The first-order valence-corrected chi connectivity index (χ1v) is 13.5. The average molecular weight is 477 g/mol. The molecular formula is C30H40N2O3. The Morgan fingerprint density at radius 3 is 2.37 bits per heavy atom. The third-order valence-corrected chi connectivity index (χ3v) is 11.1. The Morgan fingerprint density at radius 1 is 1.03 bits per heavy atom.